The summed E-state index contributed by atoms with van der Waals surface area (Å²) in [6, 6.07) is 0. The van der Waals surface area contributed by atoms with E-state index in [4.69, 9.17) is 0 Å². The maximum Gasteiger partial charge on any atom is 0.416 e. The zero-order chi connectivity index (χ0) is 11.9. The highest BCUT2D eigenvalue weighted by Gasteiger charge is 2.39. The first kappa shape index (κ1) is 12.9. The second kappa shape index (κ2) is 4.03. The van der Waals surface area contributed by atoms with Crippen LogP contribution in [0.3, 0.4) is 0 Å². The van der Waals surface area contributed by atoms with Crippen molar-refractivity contribution in [3.63, 3.8) is 0 Å². The molecule has 86 valence electrons. The van der Waals surface area contributed by atoms with Crippen molar-refractivity contribution in [2.45, 2.75) is 23.5 Å². The van der Waals surface area contributed by atoms with Gasteiger partial charge in [0.15, 0.2) is 0 Å². The summed E-state index contributed by atoms with van der Waals surface area (Å²) in [6.45, 7) is 1.49. The van der Waals surface area contributed by atoms with E-state index in [0.29, 0.717) is 6.08 Å². The highest BCUT2D eigenvalue weighted by atomic mass is 127. The van der Waals surface area contributed by atoms with Gasteiger partial charge in [0.1, 0.15) is 0 Å². The molecule has 0 N–H and O–H groups in total. The van der Waals surface area contributed by atoms with Gasteiger partial charge in [0, 0.05) is 28.2 Å². The van der Waals surface area contributed by atoms with Crippen LogP contribution in [0.25, 0.3) is 0 Å². The summed E-state index contributed by atoms with van der Waals surface area (Å²) in [5, 5.41) is 0. The van der Waals surface area contributed by atoms with Crippen LogP contribution >= 0.6 is 22.6 Å². The molecule has 0 aromatic heterocycles. The van der Waals surface area contributed by atoms with Gasteiger partial charge in [0.05, 0.1) is 5.57 Å². The Balaban J connectivity index is 3.06. The maximum absolute atomic E-state index is 12.9. The van der Waals surface area contributed by atoms with Gasteiger partial charge in [-0.2, -0.15) is 22.0 Å². The first-order valence-corrected chi connectivity index (χ1v) is 5.25. The highest BCUT2D eigenvalue weighted by molar-refractivity contribution is 14.1. The maximum atomic E-state index is 12.9. The van der Waals surface area contributed by atoms with Gasteiger partial charge in [0.25, 0.3) is 0 Å². The minimum atomic E-state index is -4.55. The standard InChI is InChI=1S/C9H8F5I/c1-5-2-6(8(10,11)12)4-7(3-5)9(13,14)15/h2,4-5H,3H2,1H3. The summed E-state index contributed by atoms with van der Waals surface area (Å²) >= 11 is 0.848. The van der Waals surface area contributed by atoms with E-state index in [2.05, 4.69) is 0 Å². The molecule has 0 bridgehead atoms. The highest BCUT2D eigenvalue weighted by Crippen LogP contribution is 2.41. The van der Waals surface area contributed by atoms with Gasteiger partial charge < -0.3 is 0 Å². The fourth-order valence-corrected chi connectivity index (χ4v) is 1.76. The summed E-state index contributed by atoms with van der Waals surface area (Å²) in [5.74, 6) is -0.512. The van der Waals surface area contributed by atoms with Crippen molar-refractivity contribution >= 4 is 22.6 Å². The van der Waals surface area contributed by atoms with Crippen molar-refractivity contribution in [2.24, 2.45) is 5.92 Å². The van der Waals surface area contributed by atoms with Crippen LogP contribution in [0.2, 0.25) is 0 Å². The molecule has 1 unspecified atom stereocenters. The first-order chi connectivity index (χ1) is 6.60. The topological polar surface area (TPSA) is 0 Å². The van der Waals surface area contributed by atoms with Crippen molar-refractivity contribution in [3.05, 3.63) is 23.3 Å². The largest absolute Gasteiger partial charge is 0.416 e. The lowest BCUT2D eigenvalue weighted by molar-refractivity contribution is -0.0891. The summed E-state index contributed by atoms with van der Waals surface area (Å²) in [6.07, 6.45) is -3.06. The SMILES string of the molecule is CC1C=C(C(F)(F)F)C=C(C(F)(F)I)C1. The van der Waals surface area contributed by atoms with E-state index in [9.17, 15) is 22.0 Å². The van der Waals surface area contributed by atoms with E-state index in [0.717, 1.165) is 28.7 Å². The minimum absolute atomic E-state index is 0.0322. The summed E-state index contributed by atoms with van der Waals surface area (Å²) in [4.78, 5) is 0. The van der Waals surface area contributed by atoms with E-state index in [1.54, 1.807) is 0 Å². The van der Waals surface area contributed by atoms with Crippen LogP contribution in [-0.2, 0) is 0 Å². The number of hydrogen-bond donors (Lipinski definition) is 0. The predicted octanol–water partition coefficient (Wildman–Crippen LogP) is 4.47. The Morgan fingerprint density at radius 1 is 1.27 bits per heavy atom. The van der Waals surface area contributed by atoms with Crippen molar-refractivity contribution in [1.82, 2.24) is 0 Å². The van der Waals surface area contributed by atoms with E-state index in [1.807, 2.05) is 0 Å². The number of rotatable bonds is 1. The summed E-state index contributed by atoms with van der Waals surface area (Å²) in [7, 11) is 0. The molecule has 0 nitrogen and oxygen atoms in total. The quantitative estimate of drug-likeness (QED) is 0.376. The Bertz CT molecular complexity index is 307. The van der Waals surface area contributed by atoms with Gasteiger partial charge in [0.2, 0.25) is 0 Å². The van der Waals surface area contributed by atoms with E-state index < -0.39 is 27.2 Å². The summed E-state index contributed by atoms with van der Waals surface area (Å²) in [5.41, 5.74) is -1.45. The van der Waals surface area contributed by atoms with Crippen molar-refractivity contribution in [1.29, 1.82) is 0 Å². The second-order valence-corrected chi connectivity index (χ2v) is 4.82. The average molecular weight is 338 g/mol. The van der Waals surface area contributed by atoms with Gasteiger partial charge in [-0.05, 0) is 18.4 Å². The number of halogens is 6. The Kier molecular flexibility index (Phi) is 3.47. The van der Waals surface area contributed by atoms with Crippen LogP contribution in [0.1, 0.15) is 13.3 Å². The minimum Gasteiger partial charge on any atom is -0.190 e. The molecule has 0 saturated heterocycles. The van der Waals surface area contributed by atoms with Crippen molar-refractivity contribution < 1.29 is 22.0 Å². The Morgan fingerprint density at radius 3 is 2.20 bits per heavy atom. The lowest BCUT2D eigenvalue weighted by Gasteiger charge is -2.23. The van der Waals surface area contributed by atoms with Gasteiger partial charge in [-0.15, -0.1) is 0 Å². The third-order valence-corrected chi connectivity index (χ3v) is 2.72. The zero-order valence-corrected chi connectivity index (χ0v) is 9.86. The van der Waals surface area contributed by atoms with Gasteiger partial charge in [-0.3, -0.25) is 0 Å². The number of alkyl halides is 6. The smallest absolute Gasteiger partial charge is 0.190 e. The molecular formula is C9H8F5I. The predicted molar refractivity (Wildman–Crippen MR) is 55.0 cm³/mol. The Labute approximate surface area is 97.4 Å². The van der Waals surface area contributed by atoms with Gasteiger partial charge >= 0.3 is 10.1 Å². The van der Waals surface area contributed by atoms with Crippen LogP contribution in [0, 0.1) is 5.92 Å². The molecule has 0 saturated carbocycles. The molecule has 1 aliphatic carbocycles. The van der Waals surface area contributed by atoms with E-state index in [1.165, 1.54) is 6.92 Å². The molecule has 0 spiro atoms. The average Bonchev–Trinajstić information content (AvgIpc) is 1.99. The van der Waals surface area contributed by atoms with E-state index >= 15 is 0 Å². The van der Waals surface area contributed by atoms with Crippen LogP contribution in [0.4, 0.5) is 22.0 Å². The van der Waals surface area contributed by atoms with E-state index in [-0.39, 0.29) is 6.42 Å². The molecule has 1 aliphatic rings. The molecule has 0 amide bonds. The van der Waals surface area contributed by atoms with Crippen LogP contribution < -0.4 is 0 Å². The third kappa shape index (κ3) is 3.42. The van der Waals surface area contributed by atoms with Gasteiger partial charge in [-0.25, -0.2) is 0 Å². The summed E-state index contributed by atoms with van der Waals surface area (Å²) < 4.78 is 59.5. The van der Waals surface area contributed by atoms with Gasteiger partial charge in [-0.1, -0.05) is 13.0 Å². The molecule has 0 radical (unpaired) electrons. The Hall–Kier alpha value is -0.140. The van der Waals surface area contributed by atoms with Crippen LogP contribution in [0.5, 0.6) is 0 Å². The normalized spacial score (nSPS) is 23.5. The molecule has 1 atom stereocenters. The Morgan fingerprint density at radius 2 is 1.80 bits per heavy atom. The molecule has 0 heterocycles. The molecule has 0 aromatic carbocycles. The van der Waals surface area contributed by atoms with Crippen molar-refractivity contribution in [2.75, 3.05) is 0 Å². The molecule has 15 heavy (non-hydrogen) atoms. The first-order valence-electron chi connectivity index (χ1n) is 4.17. The van der Waals surface area contributed by atoms with Crippen molar-refractivity contribution in [3.8, 4) is 0 Å². The number of allylic oxidation sites excluding steroid dienone is 4. The molecule has 0 aromatic rings. The zero-order valence-electron chi connectivity index (χ0n) is 7.71. The fourth-order valence-electron chi connectivity index (χ4n) is 1.38. The molecular weight excluding hydrogens is 330 g/mol. The molecule has 0 aliphatic heterocycles. The van der Waals surface area contributed by atoms with Crippen LogP contribution in [0.15, 0.2) is 23.3 Å². The third-order valence-electron chi connectivity index (χ3n) is 2.03. The second-order valence-electron chi connectivity index (χ2n) is 3.47. The molecule has 0 fully saturated rings. The fraction of sp³-hybridized carbons (Fsp3) is 0.556. The van der Waals surface area contributed by atoms with Crippen LogP contribution in [-0.4, -0.2) is 10.1 Å². The molecule has 6 heteroatoms. The monoisotopic (exact) mass is 338 g/mol. The number of hydrogen-bond acceptors (Lipinski definition) is 0. The lowest BCUT2D eigenvalue weighted by atomic mass is 9.91. The lowest BCUT2D eigenvalue weighted by Crippen LogP contribution is -2.20. The molecule has 1 rings (SSSR count).